The standard InChI is InChI=1S/C29H50O12P4/c1-11-12-13-14-24-18-27(40-44(32,38-9)20-42(30,34-5)35-6)29(26-17-23(4)15-16-25(26)22(2)3)28(19-24)41-45(33,39-10)21-43(31,36-7)37-8/h17-19,25-26H,2,11-16,20-21H2,1,3-10H3. The average molecular weight is 715 g/mol. The molecule has 1 aromatic carbocycles. The maximum Gasteiger partial charge on any atom is 0.391 e. The third kappa shape index (κ3) is 11.0. The van der Waals surface area contributed by atoms with Crippen molar-refractivity contribution >= 4 is 30.4 Å². The van der Waals surface area contributed by atoms with E-state index in [1.807, 2.05) is 13.8 Å². The smallest absolute Gasteiger partial charge is 0.391 e. The van der Waals surface area contributed by atoms with Crippen LogP contribution in [-0.4, -0.2) is 54.5 Å². The number of unbranched alkanes of at least 4 members (excludes halogenated alkanes) is 2. The van der Waals surface area contributed by atoms with Gasteiger partial charge >= 0.3 is 30.4 Å². The third-order valence-electron chi connectivity index (χ3n) is 7.78. The van der Waals surface area contributed by atoms with E-state index in [0.29, 0.717) is 12.0 Å². The zero-order valence-electron chi connectivity index (χ0n) is 27.9. The van der Waals surface area contributed by atoms with Crippen molar-refractivity contribution < 1.29 is 54.5 Å². The summed E-state index contributed by atoms with van der Waals surface area (Å²) in [5.41, 5.74) is 3.13. The van der Waals surface area contributed by atoms with Crippen LogP contribution in [-0.2, 0) is 51.8 Å². The van der Waals surface area contributed by atoms with Gasteiger partial charge in [0, 0.05) is 54.1 Å². The quantitative estimate of drug-likeness (QED) is 0.0721. The molecule has 0 bridgehead atoms. The fourth-order valence-corrected chi connectivity index (χ4v) is 13.1. The zero-order chi connectivity index (χ0) is 34.1. The van der Waals surface area contributed by atoms with Crippen LogP contribution < -0.4 is 9.05 Å². The van der Waals surface area contributed by atoms with Gasteiger partial charge in [0.15, 0.2) is 11.8 Å². The number of rotatable bonds is 20. The van der Waals surface area contributed by atoms with E-state index in [1.165, 1.54) is 42.7 Å². The van der Waals surface area contributed by atoms with E-state index in [1.54, 1.807) is 12.1 Å². The van der Waals surface area contributed by atoms with Crippen LogP contribution >= 0.6 is 30.4 Å². The predicted molar refractivity (Wildman–Crippen MR) is 177 cm³/mol. The molecule has 0 amide bonds. The average Bonchev–Trinajstić information content (AvgIpc) is 3.00. The summed E-state index contributed by atoms with van der Waals surface area (Å²) in [6.45, 7) is 10.2. The largest absolute Gasteiger partial charge is 0.423 e. The van der Waals surface area contributed by atoms with Crippen molar-refractivity contribution in [3.8, 4) is 11.5 Å². The Morgan fingerprint density at radius 3 is 1.60 bits per heavy atom. The Balaban J connectivity index is 2.94. The van der Waals surface area contributed by atoms with Crippen LogP contribution in [0.5, 0.6) is 11.5 Å². The van der Waals surface area contributed by atoms with Gasteiger partial charge in [-0.3, -0.25) is 9.13 Å². The lowest BCUT2D eigenvalue weighted by molar-refractivity contribution is 0.272. The topological polar surface area (TPSA) is 142 Å². The summed E-state index contributed by atoms with van der Waals surface area (Å²) >= 11 is 0. The molecule has 16 heteroatoms. The molecule has 0 N–H and O–H groups in total. The molecular weight excluding hydrogens is 664 g/mol. The summed E-state index contributed by atoms with van der Waals surface area (Å²) in [5.74, 6) is -1.60. The highest BCUT2D eigenvalue weighted by atomic mass is 31.2. The van der Waals surface area contributed by atoms with Crippen molar-refractivity contribution in [1.29, 1.82) is 0 Å². The van der Waals surface area contributed by atoms with Crippen molar-refractivity contribution in [2.75, 3.05) is 54.5 Å². The molecule has 2 rings (SSSR count). The molecule has 1 aromatic rings. The molecule has 4 atom stereocenters. The summed E-state index contributed by atoms with van der Waals surface area (Å²) in [6, 6.07) is 3.49. The molecule has 0 radical (unpaired) electrons. The monoisotopic (exact) mass is 714 g/mol. The van der Waals surface area contributed by atoms with Crippen molar-refractivity contribution in [3.63, 3.8) is 0 Å². The molecule has 1 aliphatic rings. The fraction of sp³-hybridized carbons (Fsp3) is 0.655. The van der Waals surface area contributed by atoms with Gasteiger partial charge in [-0.15, -0.1) is 0 Å². The molecule has 0 heterocycles. The minimum atomic E-state index is -4.18. The van der Waals surface area contributed by atoms with Crippen molar-refractivity contribution in [1.82, 2.24) is 0 Å². The van der Waals surface area contributed by atoms with Crippen LogP contribution in [0.2, 0.25) is 0 Å². The molecule has 4 unspecified atom stereocenters. The van der Waals surface area contributed by atoms with E-state index >= 15 is 0 Å². The molecule has 0 fully saturated rings. The second-order valence-corrected chi connectivity index (χ2v) is 20.7. The third-order valence-corrected chi connectivity index (χ3v) is 17.6. The molecule has 0 aromatic heterocycles. The van der Waals surface area contributed by atoms with Crippen LogP contribution in [0.1, 0.15) is 69.9 Å². The van der Waals surface area contributed by atoms with E-state index in [-0.39, 0.29) is 17.4 Å². The number of aryl methyl sites for hydroxylation is 1. The first-order valence-corrected chi connectivity index (χ1v) is 21.6. The Morgan fingerprint density at radius 2 is 1.22 bits per heavy atom. The first-order valence-electron chi connectivity index (χ1n) is 14.7. The molecule has 1 aliphatic carbocycles. The first-order chi connectivity index (χ1) is 21.1. The molecule has 0 saturated carbocycles. The maximum atomic E-state index is 14.1. The second kappa shape index (κ2) is 17.4. The van der Waals surface area contributed by atoms with E-state index in [2.05, 4.69) is 19.6 Å². The molecule has 45 heavy (non-hydrogen) atoms. The predicted octanol–water partition coefficient (Wildman–Crippen LogP) is 9.76. The molecule has 0 aliphatic heterocycles. The Hall–Kier alpha value is -1.02. The Morgan fingerprint density at radius 1 is 0.778 bits per heavy atom. The number of allylic oxidation sites excluding steroid dienone is 3. The van der Waals surface area contributed by atoms with Gasteiger partial charge in [0.2, 0.25) is 0 Å². The normalized spacial score (nSPS) is 20.2. The van der Waals surface area contributed by atoms with Crippen LogP contribution in [0.25, 0.3) is 0 Å². The Labute approximate surface area is 268 Å². The summed E-state index contributed by atoms with van der Waals surface area (Å²) in [4.78, 5) is 0. The summed E-state index contributed by atoms with van der Waals surface area (Å²) < 4.78 is 97.6. The minimum absolute atomic E-state index is 0.0960. The number of hydrogen-bond acceptors (Lipinski definition) is 12. The highest BCUT2D eigenvalue weighted by Gasteiger charge is 2.42. The van der Waals surface area contributed by atoms with Crippen molar-refractivity contribution in [2.45, 2.75) is 65.2 Å². The van der Waals surface area contributed by atoms with E-state index < -0.39 is 48.1 Å². The van der Waals surface area contributed by atoms with Gasteiger partial charge < -0.3 is 36.2 Å². The highest BCUT2D eigenvalue weighted by Crippen LogP contribution is 2.66. The Bertz CT molecular complexity index is 1300. The summed E-state index contributed by atoms with van der Waals surface area (Å²) in [5, 5.41) is 0. The maximum absolute atomic E-state index is 14.1. The van der Waals surface area contributed by atoms with Gasteiger partial charge in [-0.1, -0.05) is 43.6 Å². The SMILES string of the molecule is C=C(C)C1CCC(C)=CC1c1c(OP(=O)(CP(=O)(OC)OC)OC)cc(CCCCC)cc1OP(=O)(CP(=O)(OC)OC)OC. The van der Waals surface area contributed by atoms with Crippen molar-refractivity contribution in [2.24, 2.45) is 5.92 Å². The van der Waals surface area contributed by atoms with Crippen molar-refractivity contribution in [3.05, 3.63) is 47.1 Å². The number of benzene rings is 1. The van der Waals surface area contributed by atoms with Crippen LogP contribution in [0.4, 0.5) is 0 Å². The van der Waals surface area contributed by atoms with Crippen LogP contribution in [0, 0.1) is 5.92 Å². The molecule has 0 spiro atoms. The molecular formula is C29H50O12P4. The van der Waals surface area contributed by atoms with Gasteiger partial charge in [-0.05, 0) is 63.1 Å². The first kappa shape index (κ1) is 40.2. The van der Waals surface area contributed by atoms with E-state index in [9.17, 15) is 18.3 Å². The van der Waals surface area contributed by atoms with Gasteiger partial charge in [0.05, 0.1) is 0 Å². The lowest BCUT2D eigenvalue weighted by atomic mass is 9.73. The van der Waals surface area contributed by atoms with Gasteiger partial charge in [-0.25, -0.2) is 9.13 Å². The lowest BCUT2D eigenvalue weighted by Gasteiger charge is -2.34. The summed E-state index contributed by atoms with van der Waals surface area (Å²) in [7, 11) is -8.95. The van der Waals surface area contributed by atoms with Crippen LogP contribution in [0.3, 0.4) is 0 Å². The Kier molecular flexibility index (Phi) is 15.5. The van der Waals surface area contributed by atoms with Gasteiger partial charge in [0.25, 0.3) is 0 Å². The minimum Gasteiger partial charge on any atom is -0.423 e. The van der Waals surface area contributed by atoms with E-state index in [0.717, 1.165) is 48.8 Å². The lowest BCUT2D eigenvalue weighted by Crippen LogP contribution is -2.19. The molecule has 0 saturated heterocycles. The second-order valence-electron chi connectivity index (χ2n) is 11.0. The zero-order valence-corrected chi connectivity index (χ0v) is 31.5. The molecule has 12 nitrogen and oxygen atoms in total. The highest BCUT2D eigenvalue weighted by molar-refractivity contribution is 7.72. The van der Waals surface area contributed by atoms with Gasteiger partial charge in [-0.2, -0.15) is 0 Å². The number of hydrogen-bond donors (Lipinski definition) is 0. The fourth-order valence-electron chi connectivity index (χ4n) is 5.12. The summed E-state index contributed by atoms with van der Waals surface area (Å²) in [6.07, 6.45) is 6.96. The molecule has 258 valence electrons. The van der Waals surface area contributed by atoms with E-state index in [4.69, 9.17) is 36.2 Å². The van der Waals surface area contributed by atoms with Gasteiger partial charge in [0.1, 0.15) is 11.5 Å². The van der Waals surface area contributed by atoms with Crippen LogP contribution in [0.15, 0.2) is 35.9 Å².